The summed E-state index contributed by atoms with van der Waals surface area (Å²) >= 11 is 0. The van der Waals surface area contributed by atoms with Gasteiger partial charge in [-0.05, 0) is 17.4 Å². The first-order valence-electron chi connectivity index (χ1n) is 9.05. The van der Waals surface area contributed by atoms with Crippen LogP contribution in [0, 0.1) is 12.8 Å². The Hall–Kier alpha value is -2.32. The molecular formula is C18H27N6O2+. The van der Waals surface area contributed by atoms with Crippen LogP contribution < -0.4 is 10.6 Å². The number of aryl methyl sites for hydroxylation is 1. The highest BCUT2D eigenvalue weighted by Gasteiger charge is 2.35. The van der Waals surface area contributed by atoms with Gasteiger partial charge in [0, 0.05) is 31.4 Å². The van der Waals surface area contributed by atoms with Crippen LogP contribution in [0.5, 0.6) is 0 Å². The normalized spacial score (nSPS) is 21.5. The lowest BCUT2D eigenvalue weighted by molar-refractivity contribution is -0.931. The first-order chi connectivity index (χ1) is 12.6. The summed E-state index contributed by atoms with van der Waals surface area (Å²) in [5.41, 5.74) is 7.89. The quantitative estimate of drug-likeness (QED) is 0.694. The van der Waals surface area contributed by atoms with Gasteiger partial charge in [0.15, 0.2) is 6.04 Å². The molecule has 1 aromatic carbocycles. The van der Waals surface area contributed by atoms with E-state index in [0.717, 1.165) is 31.8 Å². The van der Waals surface area contributed by atoms with E-state index in [9.17, 15) is 4.79 Å². The highest BCUT2D eigenvalue weighted by atomic mass is 16.5. The van der Waals surface area contributed by atoms with E-state index in [0.29, 0.717) is 13.2 Å². The fraction of sp³-hybridized carbons (Fsp3) is 0.556. The summed E-state index contributed by atoms with van der Waals surface area (Å²) in [4.78, 5) is 12.9. The Morgan fingerprint density at radius 2 is 2.04 bits per heavy atom. The predicted molar refractivity (Wildman–Crippen MR) is 95.3 cm³/mol. The SMILES string of the molecule is COCCn1nnnc1[C@@H](c1ccc(C)cc1)[NH+]1CCC(C(N)=O)CC1. The summed E-state index contributed by atoms with van der Waals surface area (Å²) in [6, 6.07) is 8.53. The van der Waals surface area contributed by atoms with Gasteiger partial charge in [-0.15, -0.1) is 5.10 Å². The Labute approximate surface area is 153 Å². The Morgan fingerprint density at radius 3 is 2.65 bits per heavy atom. The average Bonchev–Trinajstić information content (AvgIpc) is 3.10. The molecule has 0 bridgehead atoms. The molecule has 1 atom stereocenters. The van der Waals surface area contributed by atoms with Crippen molar-refractivity contribution in [2.45, 2.75) is 32.4 Å². The number of methoxy groups -OCH3 is 1. The van der Waals surface area contributed by atoms with E-state index >= 15 is 0 Å². The topological polar surface area (TPSA) is 100 Å². The Morgan fingerprint density at radius 1 is 1.35 bits per heavy atom. The summed E-state index contributed by atoms with van der Waals surface area (Å²) in [5, 5.41) is 12.4. The zero-order valence-electron chi connectivity index (χ0n) is 15.4. The number of hydrogen-bond donors (Lipinski definition) is 2. The van der Waals surface area contributed by atoms with Gasteiger partial charge in [0.05, 0.1) is 26.2 Å². The zero-order chi connectivity index (χ0) is 18.5. The van der Waals surface area contributed by atoms with Crippen molar-refractivity contribution in [2.24, 2.45) is 11.7 Å². The number of hydrogen-bond acceptors (Lipinski definition) is 5. The van der Waals surface area contributed by atoms with E-state index < -0.39 is 0 Å². The molecule has 1 amide bonds. The average molecular weight is 359 g/mol. The van der Waals surface area contributed by atoms with Crippen molar-refractivity contribution >= 4 is 5.91 Å². The van der Waals surface area contributed by atoms with Gasteiger partial charge in [-0.1, -0.05) is 29.8 Å². The number of rotatable bonds is 7. The van der Waals surface area contributed by atoms with Crippen molar-refractivity contribution in [3.8, 4) is 0 Å². The molecule has 0 spiro atoms. The van der Waals surface area contributed by atoms with Crippen LogP contribution in [0.1, 0.15) is 35.8 Å². The Balaban J connectivity index is 1.89. The van der Waals surface area contributed by atoms with Crippen LogP contribution in [0.3, 0.4) is 0 Å². The molecule has 2 aromatic rings. The smallest absolute Gasteiger partial charge is 0.220 e. The summed E-state index contributed by atoms with van der Waals surface area (Å²) in [7, 11) is 1.67. The van der Waals surface area contributed by atoms with Gasteiger partial charge in [-0.3, -0.25) is 4.79 Å². The largest absolute Gasteiger partial charge is 0.383 e. The molecule has 1 aromatic heterocycles. The maximum atomic E-state index is 11.5. The summed E-state index contributed by atoms with van der Waals surface area (Å²) < 4.78 is 7.00. The lowest BCUT2D eigenvalue weighted by Crippen LogP contribution is -3.13. The van der Waals surface area contributed by atoms with E-state index in [1.807, 2.05) is 4.68 Å². The summed E-state index contributed by atoms with van der Waals surface area (Å²) in [5.74, 6) is 0.612. The van der Waals surface area contributed by atoms with E-state index in [2.05, 4.69) is 46.7 Å². The molecule has 8 nitrogen and oxygen atoms in total. The first kappa shape index (κ1) is 18.5. The number of quaternary nitrogens is 1. The molecule has 0 saturated carbocycles. The van der Waals surface area contributed by atoms with E-state index in [4.69, 9.17) is 10.5 Å². The van der Waals surface area contributed by atoms with Crippen LogP contribution >= 0.6 is 0 Å². The third-order valence-electron chi connectivity index (χ3n) is 5.17. The van der Waals surface area contributed by atoms with Gasteiger partial charge in [0.2, 0.25) is 11.7 Å². The number of tetrazole rings is 1. The molecule has 0 radical (unpaired) electrons. The Bertz CT molecular complexity index is 722. The number of carbonyl (C=O) groups excluding carboxylic acids is 1. The van der Waals surface area contributed by atoms with Crippen LogP contribution in [0.25, 0.3) is 0 Å². The molecule has 2 heterocycles. The minimum atomic E-state index is -0.194. The summed E-state index contributed by atoms with van der Waals surface area (Å²) in [6.07, 6.45) is 1.60. The number of aromatic nitrogens is 4. The molecule has 1 aliphatic rings. The number of primary amides is 1. The number of nitrogens with two attached hydrogens (primary N) is 1. The maximum Gasteiger partial charge on any atom is 0.220 e. The number of nitrogens with zero attached hydrogens (tertiary/aromatic N) is 4. The van der Waals surface area contributed by atoms with Gasteiger partial charge in [0.1, 0.15) is 0 Å². The minimum absolute atomic E-state index is 0.0243. The van der Waals surface area contributed by atoms with E-state index in [1.54, 1.807) is 7.11 Å². The lowest BCUT2D eigenvalue weighted by Gasteiger charge is -2.33. The second-order valence-electron chi connectivity index (χ2n) is 6.93. The highest BCUT2D eigenvalue weighted by molar-refractivity contribution is 5.76. The van der Waals surface area contributed by atoms with Crippen LogP contribution in [-0.4, -0.2) is 52.9 Å². The molecule has 8 heteroatoms. The maximum absolute atomic E-state index is 11.5. The van der Waals surface area contributed by atoms with Gasteiger partial charge in [-0.25, -0.2) is 4.68 Å². The second kappa shape index (κ2) is 8.37. The van der Waals surface area contributed by atoms with Gasteiger partial charge >= 0.3 is 0 Å². The van der Waals surface area contributed by atoms with Crippen molar-refractivity contribution in [2.75, 3.05) is 26.8 Å². The van der Waals surface area contributed by atoms with Crippen molar-refractivity contribution in [1.29, 1.82) is 0 Å². The van der Waals surface area contributed by atoms with Gasteiger partial charge in [-0.2, -0.15) is 0 Å². The molecule has 1 fully saturated rings. The molecule has 0 unspecified atom stereocenters. The monoisotopic (exact) mass is 359 g/mol. The fourth-order valence-electron chi connectivity index (χ4n) is 3.64. The second-order valence-corrected chi connectivity index (χ2v) is 6.93. The van der Waals surface area contributed by atoms with Crippen molar-refractivity contribution in [1.82, 2.24) is 20.2 Å². The minimum Gasteiger partial charge on any atom is -0.383 e. The number of amides is 1. The number of likely N-dealkylation sites (tertiary alicyclic amines) is 1. The molecule has 1 saturated heterocycles. The molecule has 3 rings (SSSR count). The number of ether oxygens (including phenoxy) is 1. The van der Waals surface area contributed by atoms with E-state index in [-0.39, 0.29) is 17.9 Å². The van der Waals surface area contributed by atoms with Crippen LogP contribution in [0.2, 0.25) is 0 Å². The molecule has 140 valence electrons. The van der Waals surface area contributed by atoms with Gasteiger partial charge in [0.25, 0.3) is 0 Å². The molecule has 26 heavy (non-hydrogen) atoms. The number of nitrogens with one attached hydrogen (secondary N) is 1. The lowest BCUT2D eigenvalue weighted by atomic mass is 9.93. The third kappa shape index (κ3) is 4.08. The predicted octanol–water partition coefficient (Wildman–Crippen LogP) is -0.502. The van der Waals surface area contributed by atoms with Crippen molar-refractivity contribution in [3.63, 3.8) is 0 Å². The van der Waals surface area contributed by atoms with Crippen molar-refractivity contribution < 1.29 is 14.4 Å². The highest BCUT2D eigenvalue weighted by Crippen LogP contribution is 2.20. The van der Waals surface area contributed by atoms with Crippen LogP contribution in [0.15, 0.2) is 24.3 Å². The van der Waals surface area contributed by atoms with Crippen LogP contribution in [-0.2, 0) is 16.1 Å². The van der Waals surface area contributed by atoms with Crippen molar-refractivity contribution in [3.05, 3.63) is 41.2 Å². The van der Waals surface area contributed by atoms with Crippen LogP contribution in [0.4, 0.5) is 0 Å². The Kier molecular flexibility index (Phi) is 5.95. The van der Waals surface area contributed by atoms with E-state index in [1.165, 1.54) is 16.0 Å². The molecule has 3 N–H and O–H groups in total. The molecule has 0 aliphatic carbocycles. The molecular weight excluding hydrogens is 332 g/mol. The summed E-state index contributed by atoms with van der Waals surface area (Å²) in [6.45, 7) is 4.97. The molecule has 1 aliphatic heterocycles. The fourth-order valence-corrected chi connectivity index (χ4v) is 3.64. The number of benzene rings is 1. The number of carbonyl (C=O) groups is 1. The zero-order valence-corrected chi connectivity index (χ0v) is 15.4. The number of piperidine rings is 1. The third-order valence-corrected chi connectivity index (χ3v) is 5.17. The first-order valence-corrected chi connectivity index (χ1v) is 9.05. The standard InChI is InChI=1S/C18H26N6O2/c1-13-3-5-14(6-4-13)16(18-20-21-22-24(18)11-12-26-2)23-9-7-15(8-10-23)17(19)25/h3-6,15-16H,7-12H2,1-2H3,(H2,19,25)/p+1/t16-/m1/s1. The van der Waals surface area contributed by atoms with Gasteiger partial charge < -0.3 is 15.4 Å².